The van der Waals surface area contributed by atoms with Gasteiger partial charge in [0.2, 0.25) is 0 Å². The number of nitrogens with zero attached hydrogens (tertiary/aromatic N) is 2. The van der Waals surface area contributed by atoms with Crippen molar-refractivity contribution in [3.8, 4) is 0 Å². The molecule has 2 aromatic heterocycles. The quantitative estimate of drug-likeness (QED) is 0.678. The van der Waals surface area contributed by atoms with Gasteiger partial charge in [0.05, 0.1) is 12.3 Å². The molecule has 24 heavy (non-hydrogen) atoms. The van der Waals surface area contributed by atoms with Gasteiger partial charge in [0.15, 0.2) is 5.76 Å². The number of aryl methyl sites for hydroxylation is 2. The highest BCUT2D eigenvalue weighted by Crippen LogP contribution is 2.43. The number of amides is 1. The number of hydrogen-bond acceptors (Lipinski definition) is 2. The van der Waals surface area contributed by atoms with E-state index in [0.717, 1.165) is 32.4 Å². The molecule has 0 fully saturated rings. The van der Waals surface area contributed by atoms with Crippen LogP contribution in [0.5, 0.6) is 0 Å². The van der Waals surface area contributed by atoms with E-state index in [1.54, 1.807) is 18.4 Å². The van der Waals surface area contributed by atoms with Gasteiger partial charge in [0.1, 0.15) is 0 Å². The molecule has 0 bridgehead atoms. The molecule has 0 spiro atoms. The van der Waals surface area contributed by atoms with Crippen LogP contribution in [0, 0.1) is 6.92 Å². The summed E-state index contributed by atoms with van der Waals surface area (Å²) < 4.78 is 7.80. The van der Waals surface area contributed by atoms with Crippen LogP contribution in [0.2, 0.25) is 0 Å². The van der Waals surface area contributed by atoms with Crippen LogP contribution >= 0.6 is 0 Å². The van der Waals surface area contributed by atoms with Crippen molar-refractivity contribution < 1.29 is 9.21 Å². The highest BCUT2D eigenvalue weighted by Gasteiger charge is 2.37. The average molecular weight is 320 g/mol. The van der Waals surface area contributed by atoms with Crippen LogP contribution < -0.4 is 0 Å². The first-order chi connectivity index (χ1) is 11.7. The predicted molar refractivity (Wildman–Crippen MR) is 92.1 cm³/mol. The van der Waals surface area contributed by atoms with Crippen molar-refractivity contribution in [3.05, 3.63) is 59.2 Å². The van der Waals surface area contributed by atoms with Gasteiger partial charge in [-0.25, -0.2) is 0 Å². The summed E-state index contributed by atoms with van der Waals surface area (Å²) >= 11 is 0. The molecule has 122 valence electrons. The van der Waals surface area contributed by atoms with E-state index in [9.17, 15) is 4.79 Å². The highest BCUT2D eigenvalue weighted by atomic mass is 16.3. The molecule has 0 N–H and O–H groups in total. The summed E-state index contributed by atoms with van der Waals surface area (Å²) in [4.78, 5) is 14.9. The molecule has 3 heterocycles. The first kappa shape index (κ1) is 13.9. The number of hydrogen-bond donors (Lipinski definition) is 0. The maximum absolute atomic E-state index is 12.9. The van der Waals surface area contributed by atoms with Gasteiger partial charge in [0.25, 0.3) is 5.91 Å². The van der Waals surface area contributed by atoms with Crippen molar-refractivity contribution >= 4 is 16.8 Å². The highest BCUT2D eigenvalue weighted by molar-refractivity contribution is 5.93. The average Bonchev–Trinajstić information content (AvgIpc) is 3.23. The monoisotopic (exact) mass is 320 g/mol. The topological polar surface area (TPSA) is 38.4 Å². The molecule has 0 radical (unpaired) electrons. The smallest absolute Gasteiger partial charge is 0.290 e. The Morgan fingerprint density at radius 2 is 2.17 bits per heavy atom. The number of carbonyl (C=O) groups excluding carboxylic acids is 1. The molecule has 0 saturated carbocycles. The van der Waals surface area contributed by atoms with Gasteiger partial charge in [-0.15, -0.1) is 0 Å². The molecule has 1 aliphatic carbocycles. The maximum atomic E-state index is 12.9. The molecule has 1 aliphatic heterocycles. The third kappa shape index (κ3) is 1.83. The van der Waals surface area contributed by atoms with E-state index in [0.29, 0.717) is 5.76 Å². The van der Waals surface area contributed by atoms with E-state index in [-0.39, 0.29) is 11.9 Å². The minimum atomic E-state index is 0.0190. The van der Waals surface area contributed by atoms with Crippen LogP contribution in [0.4, 0.5) is 0 Å². The van der Waals surface area contributed by atoms with Gasteiger partial charge in [-0.05, 0) is 56.0 Å². The van der Waals surface area contributed by atoms with Gasteiger partial charge in [-0.2, -0.15) is 0 Å². The largest absolute Gasteiger partial charge is 0.459 e. The Bertz CT molecular complexity index is 936. The van der Waals surface area contributed by atoms with Crippen molar-refractivity contribution in [2.45, 2.75) is 38.8 Å². The van der Waals surface area contributed by atoms with Crippen LogP contribution in [-0.2, 0) is 13.0 Å². The zero-order chi connectivity index (χ0) is 16.3. The second-order valence-corrected chi connectivity index (χ2v) is 6.92. The number of furan rings is 1. The third-order valence-electron chi connectivity index (χ3n) is 5.52. The third-order valence-corrected chi connectivity index (χ3v) is 5.52. The molecule has 5 rings (SSSR count). The van der Waals surface area contributed by atoms with Crippen LogP contribution in [0.15, 0.2) is 41.0 Å². The second kappa shape index (κ2) is 5.00. The zero-order valence-corrected chi connectivity index (χ0v) is 13.8. The van der Waals surface area contributed by atoms with Gasteiger partial charge in [-0.3, -0.25) is 4.79 Å². The second-order valence-electron chi connectivity index (χ2n) is 6.92. The normalized spacial score (nSPS) is 19.5. The van der Waals surface area contributed by atoms with Gasteiger partial charge in [0, 0.05) is 29.7 Å². The van der Waals surface area contributed by atoms with Crippen LogP contribution in [0.3, 0.4) is 0 Å². The Balaban J connectivity index is 1.66. The van der Waals surface area contributed by atoms with Crippen molar-refractivity contribution in [2.75, 3.05) is 6.54 Å². The molecule has 1 unspecified atom stereocenters. The molecule has 1 amide bonds. The maximum Gasteiger partial charge on any atom is 0.290 e. The van der Waals surface area contributed by atoms with E-state index in [2.05, 4.69) is 29.7 Å². The SMILES string of the molecule is Cc1ccc2c(c1)c1c3n2CCN(C(=O)c2ccco2)C3CCC1. The molecule has 0 saturated heterocycles. The van der Waals surface area contributed by atoms with Gasteiger partial charge >= 0.3 is 0 Å². The Hall–Kier alpha value is -2.49. The Labute approximate surface area is 140 Å². The molecule has 3 aromatic rings. The summed E-state index contributed by atoms with van der Waals surface area (Å²) in [5.74, 6) is 0.466. The fraction of sp³-hybridized carbons (Fsp3) is 0.350. The lowest BCUT2D eigenvalue weighted by molar-refractivity contribution is 0.0568. The minimum Gasteiger partial charge on any atom is -0.459 e. The summed E-state index contributed by atoms with van der Waals surface area (Å²) in [5, 5.41) is 1.38. The molecular weight excluding hydrogens is 300 g/mol. The van der Waals surface area contributed by atoms with Gasteiger partial charge < -0.3 is 13.9 Å². The fourth-order valence-corrected chi connectivity index (χ4v) is 4.50. The Morgan fingerprint density at radius 3 is 3.00 bits per heavy atom. The summed E-state index contributed by atoms with van der Waals surface area (Å²) in [6, 6.07) is 10.4. The molecule has 1 atom stereocenters. The number of fused-ring (bicyclic) bond motifs is 3. The first-order valence-electron chi connectivity index (χ1n) is 8.70. The number of rotatable bonds is 1. The van der Waals surface area contributed by atoms with Crippen LogP contribution in [-0.4, -0.2) is 21.9 Å². The summed E-state index contributed by atoms with van der Waals surface area (Å²) in [7, 11) is 0. The molecule has 2 aliphatic rings. The van der Waals surface area contributed by atoms with Crippen molar-refractivity contribution in [1.29, 1.82) is 0 Å². The van der Waals surface area contributed by atoms with Crippen LogP contribution in [0.25, 0.3) is 10.9 Å². The van der Waals surface area contributed by atoms with E-state index < -0.39 is 0 Å². The zero-order valence-electron chi connectivity index (χ0n) is 13.8. The molecule has 1 aromatic carbocycles. The number of benzene rings is 1. The first-order valence-corrected chi connectivity index (χ1v) is 8.70. The summed E-state index contributed by atoms with van der Waals surface area (Å²) in [5.41, 5.74) is 5.42. The number of aromatic nitrogens is 1. The lowest BCUT2D eigenvalue weighted by Crippen LogP contribution is -2.43. The Kier molecular flexibility index (Phi) is 2.90. The molecule has 4 nitrogen and oxygen atoms in total. The number of carbonyl (C=O) groups is 1. The predicted octanol–water partition coefficient (Wildman–Crippen LogP) is 4.08. The van der Waals surface area contributed by atoms with E-state index in [1.807, 2.05) is 4.90 Å². The van der Waals surface area contributed by atoms with Crippen molar-refractivity contribution in [1.82, 2.24) is 9.47 Å². The van der Waals surface area contributed by atoms with Gasteiger partial charge in [-0.1, -0.05) is 11.6 Å². The summed E-state index contributed by atoms with van der Waals surface area (Å²) in [6.45, 7) is 3.75. The van der Waals surface area contributed by atoms with E-state index >= 15 is 0 Å². The van der Waals surface area contributed by atoms with Crippen molar-refractivity contribution in [3.63, 3.8) is 0 Å². The minimum absolute atomic E-state index is 0.0190. The fourth-order valence-electron chi connectivity index (χ4n) is 4.50. The van der Waals surface area contributed by atoms with Crippen LogP contribution in [0.1, 0.15) is 46.3 Å². The van der Waals surface area contributed by atoms with E-state index in [1.165, 1.54) is 27.7 Å². The standard InChI is InChI=1S/C20H20N2O2/c1-13-7-8-16-15(12-13)14-4-2-5-17-19(14)21(16)9-10-22(17)20(23)18-6-3-11-24-18/h3,6-8,11-12,17H,2,4-5,9-10H2,1H3. The lowest BCUT2D eigenvalue weighted by atomic mass is 9.89. The lowest BCUT2D eigenvalue weighted by Gasteiger charge is -2.39. The Morgan fingerprint density at radius 1 is 1.25 bits per heavy atom. The van der Waals surface area contributed by atoms with Crippen molar-refractivity contribution in [2.24, 2.45) is 0 Å². The molecular formula is C20H20N2O2. The summed E-state index contributed by atoms with van der Waals surface area (Å²) in [6.07, 6.45) is 4.85. The van der Waals surface area contributed by atoms with E-state index in [4.69, 9.17) is 4.42 Å². The molecule has 4 heteroatoms.